The van der Waals surface area contributed by atoms with E-state index in [1.807, 2.05) is 4.90 Å². The van der Waals surface area contributed by atoms with Crippen LogP contribution < -0.4 is 10.6 Å². The molecule has 9 nitrogen and oxygen atoms in total. The predicted octanol–water partition coefficient (Wildman–Crippen LogP) is 1.79. The molecule has 35 heavy (non-hydrogen) atoms. The van der Waals surface area contributed by atoms with Gasteiger partial charge in [0.05, 0.1) is 43.3 Å². The van der Waals surface area contributed by atoms with Crippen LogP contribution in [0.1, 0.15) is 66.2 Å². The summed E-state index contributed by atoms with van der Waals surface area (Å²) in [5.41, 5.74) is 0. The molecule has 2 heterocycles. The number of rotatable bonds is 13. The Bertz CT molecular complexity index is 697. The summed E-state index contributed by atoms with van der Waals surface area (Å²) >= 11 is 0. The summed E-state index contributed by atoms with van der Waals surface area (Å²) in [4.78, 5) is 42.5. The third-order valence-corrected chi connectivity index (χ3v) is 7.85. The number of likely N-dealkylation sites (tertiary alicyclic amines) is 1. The van der Waals surface area contributed by atoms with Crippen molar-refractivity contribution in [2.45, 2.75) is 96.6 Å². The van der Waals surface area contributed by atoms with Crippen LogP contribution in [-0.4, -0.2) is 98.8 Å². The maximum Gasteiger partial charge on any atom is 0.242 e. The van der Waals surface area contributed by atoms with Crippen LogP contribution in [0.2, 0.25) is 0 Å². The van der Waals surface area contributed by atoms with Crippen LogP contribution in [0, 0.1) is 11.8 Å². The van der Waals surface area contributed by atoms with Crippen molar-refractivity contribution in [3.63, 3.8) is 0 Å². The number of ether oxygens (including phenoxy) is 2. The van der Waals surface area contributed by atoms with Crippen molar-refractivity contribution in [1.82, 2.24) is 20.4 Å². The molecule has 2 saturated heterocycles. The van der Waals surface area contributed by atoms with Crippen molar-refractivity contribution >= 4 is 17.7 Å². The summed E-state index contributed by atoms with van der Waals surface area (Å²) in [5, 5.41) is 5.92. The van der Waals surface area contributed by atoms with E-state index < -0.39 is 6.10 Å². The van der Waals surface area contributed by atoms with Gasteiger partial charge in [0.15, 0.2) is 0 Å². The summed E-state index contributed by atoms with van der Waals surface area (Å²) in [6, 6.07) is -0.448. The average Bonchev–Trinajstić information content (AvgIpc) is 3.54. The van der Waals surface area contributed by atoms with Gasteiger partial charge in [0.2, 0.25) is 17.7 Å². The van der Waals surface area contributed by atoms with Crippen molar-refractivity contribution in [2.24, 2.45) is 11.8 Å². The minimum Gasteiger partial charge on any atom is -0.379 e. The Morgan fingerprint density at radius 3 is 2.37 bits per heavy atom. The fourth-order valence-corrected chi connectivity index (χ4v) is 5.67. The highest BCUT2D eigenvalue weighted by molar-refractivity contribution is 5.87. The van der Waals surface area contributed by atoms with Gasteiger partial charge in [0.25, 0.3) is 0 Å². The van der Waals surface area contributed by atoms with E-state index in [0.29, 0.717) is 5.92 Å². The SMILES string of the molecule is CCC(C)C(C(CC(=O)N1CCCC1[C@H](OC)C(C)C)OC)N(C)C(=O)CNC(=O)C1CCCN1. The molecule has 0 saturated carbocycles. The lowest BCUT2D eigenvalue weighted by Gasteiger charge is -2.39. The number of nitrogens with one attached hydrogen (secondary N) is 2. The Kier molecular flexibility index (Phi) is 11.9. The standard InChI is InChI=1S/C26H48N4O5/c1-8-18(4)24(29(5)23(32)16-28-26(33)19-11-9-13-27-19)21(34-6)15-22(31)30-14-10-12-20(30)25(35-7)17(2)3/h17-21,24-25,27H,8-16H2,1-7H3,(H,28,33)/t18?,19?,20?,21?,24?,25-/m1/s1. The van der Waals surface area contributed by atoms with Gasteiger partial charge in [-0.2, -0.15) is 0 Å². The van der Waals surface area contributed by atoms with Crippen molar-refractivity contribution in [3.8, 4) is 0 Å². The molecule has 3 amide bonds. The third-order valence-electron chi connectivity index (χ3n) is 7.85. The number of hydrogen-bond donors (Lipinski definition) is 2. The second kappa shape index (κ2) is 14.1. The monoisotopic (exact) mass is 496 g/mol. The molecule has 2 aliphatic heterocycles. The maximum atomic E-state index is 13.5. The van der Waals surface area contributed by atoms with E-state index >= 15 is 0 Å². The quantitative estimate of drug-likeness (QED) is 0.403. The number of amides is 3. The first-order valence-corrected chi connectivity index (χ1v) is 13.3. The van der Waals surface area contributed by atoms with Crippen LogP contribution in [0.15, 0.2) is 0 Å². The number of carbonyl (C=O) groups is 3. The first-order chi connectivity index (χ1) is 16.7. The van der Waals surface area contributed by atoms with Gasteiger partial charge in [-0.05, 0) is 44.1 Å². The zero-order valence-electron chi connectivity index (χ0n) is 22.8. The van der Waals surface area contributed by atoms with E-state index in [-0.39, 0.29) is 60.8 Å². The number of methoxy groups -OCH3 is 2. The van der Waals surface area contributed by atoms with Gasteiger partial charge >= 0.3 is 0 Å². The van der Waals surface area contributed by atoms with Crippen LogP contribution in [-0.2, 0) is 23.9 Å². The normalized spacial score (nSPS) is 23.7. The van der Waals surface area contributed by atoms with E-state index in [4.69, 9.17) is 9.47 Å². The van der Waals surface area contributed by atoms with Gasteiger partial charge in [0.1, 0.15) is 0 Å². The largest absolute Gasteiger partial charge is 0.379 e. The molecule has 0 aromatic carbocycles. The highest BCUT2D eigenvalue weighted by Gasteiger charge is 2.39. The van der Waals surface area contributed by atoms with Gasteiger partial charge in [-0.25, -0.2) is 0 Å². The lowest BCUT2D eigenvalue weighted by molar-refractivity contribution is -0.144. The lowest BCUT2D eigenvalue weighted by atomic mass is 9.90. The van der Waals surface area contributed by atoms with Gasteiger partial charge in [-0.3, -0.25) is 14.4 Å². The first kappa shape index (κ1) is 29.5. The lowest BCUT2D eigenvalue weighted by Crippen LogP contribution is -2.54. The molecule has 0 radical (unpaired) electrons. The molecule has 202 valence electrons. The molecule has 5 unspecified atom stereocenters. The highest BCUT2D eigenvalue weighted by atomic mass is 16.5. The van der Waals surface area contributed by atoms with Crippen molar-refractivity contribution in [2.75, 3.05) is 40.9 Å². The fourth-order valence-electron chi connectivity index (χ4n) is 5.67. The molecule has 0 spiro atoms. The minimum atomic E-state index is -0.445. The van der Waals surface area contributed by atoms with Crippen LogP contribution in [0.25, 0.3) is 0 Å². The summed E-state index contributed by atoms with van der Waals surface area (Å²) in [6.07, 6.45) is 4.23. The van der Waals surface area contributed by atoms with Gasteiger partial charge in [0, 0.05) is 27.8 Å². The average molecular weight is 497 g/mol. The maximum absolute atomic E-state index is 13.5. The van der Waals surface area contributed by atoms with Crippen LogP contribution in [0.4, 0.5) is 0 Å². The third kappa shape index (κ3) is 7.64. The minimum absolute atomic E-state index is 0.00460. The first-order valence-electron chi connectivity index (χ1n) is 13.3. The molecular formula is C26H48N4O5. The Morgan fingerprint density at radius 2 is 1.83 bits per heavy atom. The van der Waals surface area contributed by atoms with E-state index in [1.54, 1.807) is 26.2 Å². The Morgan fingerprint density at radius 1 is 1.11 bits per heavy atom. The van der Waals surface area contributed by atoms with E-state index in [9.17, 15) is 14.4 Å². The second-order valence-electron chi connectivity index (χ2n) is 10.5. The Balaban J connectivity index is 2.08. The van der Waals surface area contributed by atoms with E-state index in [0.717, 1.165) is 45.2 Å². The number of nitrogens with zero attached hydrogens (tertiary/aromatic N) is 2. The molecule has 2 rings (SSSR count). The van der Waals surface area contributed by atoms with Crippen molar-refractivity contribution in [1.29, 1.82) is 0 Å². The molecule has 2 fully saturated rings. The smallest absolute Gasteiger partial charge is 0.242 e. The molecule has 0 aromatic rings. The number of hydrogen-bond acceptors (Lipinski definition) is 6. The van der Waals surface area contributed by atoms with Crippen LogP contribution in [0.5, 0.6) is 0 Å². The van der Waals surface area contributed by atoms with Crippen molar-refractivity contribution < 1.29 is 23.9 Å². The highest BCUT2D eigenvalue weighted by Crippen LogP contribution is 2.28. The zero-order chi connectivity index (χ0) is 26.1. The Labute approximate surface area is 211 Å². The van der Waals surface area contributed by atoms with E-state index in [2.05, 4.69) is 38.3 Å². The Hall–Kier alpha value is -1.71. The topological polar surface area (TPSA) is 100 Å². The molecule has 2 N–H and O–H groups in total. The number of carbonyl (C=O) groups excluding carboxylic acids is 3. The van der Waals surface area contributed by atoms with Gasteiger partial charge < -0.3 is 29.9 Å². The second-order valence-corrected chi connectivity index (χ2v) is 10.5. The summed E-state index contributed by atoms with van der Waals surface area (Å²) in [6.45, 7) is 9.86. The summed E-state index contributed by atoms with van der Waals surface area (Å²) < 4.78 is 11.6. The molecule has 0 aromatic heterocycles. The summed E-state index contributed by atoms with van der Waals surface area (Å²) in [7, 11) is 5.06. The van der Waals surface area contributed by atoms with E-state index in [1.165, 1.54) is 0 Å². The van der Waals surface area contributed by atoms with Crippen molar-refractivity contribution in [3.05, 3.63) is 0 Å². The molecular weight excluding hydrogens is 448 g/mol. The van der Waals surface area contributed by atoms with Gasteiger partial charge in [-0.15, -0.1) is 0 Å². The molecule has 9 heteroatoms. The fraction of sp³-hybridized carbons (Fsp3) is 0.885. The zero-order valence-corrected chi connectivity index (χ0v) is 22.8. The van der Waals surface area contributed by atoms with Crippen LogP contribution >= 0.6 is 0 Å². The molecule has 2 aliphatic rings. The van der Waals surface area contributed by atoms with Crippen LogP contribution in [0.3, 0.4) is 0 Å². The molecule has 6 atom stereocenters. The predicted molar refractivity (Wildman–Crippen MR) is 136 cm³/mol. The van der Waals surface area contributed by atoms with Gasteiger partial charge in [-0.1, -0.05) is 34.1 Å². The summed E-state index contributed by atoms with van der Waals surface area (Å²) in [5.74, 6) is 0.139. The number of likely N-dealkylation sites (N-methyl/N-ethyl adjacent to an activating group) is 1. The molecule has 0 aliphatic carbocycles. The molecule has 0 bridgehead atoms.